The summed E-state index contributed by atoms with van der Waals surface area (Å²) in [7, 11) is 1.73. The Morgan fingerprint density at radius 1 is 1.17 bits per heavy atom. The normalized spacial score (nSPS) is 11.8. The number of nitrogens with zero attached hydrogens (tertiary/aromatic N) is 1. The highest BCUT2D eigenvalue weighted by Gasteiger charge is 2.20. The number of rotatable bonds is 6. The largest absolute Gasteiger partial charge is 0.464 e. The van der Waals surface area contributed by atoms with Crippen molar-refractivity contribution >= 4 is 11.8 Å². The number of nitrogens with one attached hydrogen (secondary N) is 1. The lowest BCUT2D eigenvalue weighted by molar-refractivity contribution is -0.131. The molecule has 0 saturated carbocycles. The number of aryl methyl sites for hydroxylation is 1. The van der Waals surface area contributed by atoms with Gasteiger partial charge in [0.25, 0.3) is 0 Å². The van der Waals surface area contributed by atoms with Crippen LogP contribution in [0.5, 0.6) is 0 Å². The van der Waals surface area contributed by atoms with E-state index in [0.29, 0.717) is 6.54 Å². The van der Waals surface area contributed by atoms with Crippen molar-refractivity contribution < 1.29 is 14.0 Å². The van der Waals surface area contributed by atoms with E-state index in [-0.39, 0.29) is 24.3 Å². The van der Waals surface area contributed by atoms with Crippen molar-refractivity contribution in [1.29, 1.82) is 0 Å². The number of hydrogen-bond donors (Lipinski definition) is 1. The van der Waals surface area contributed by atoms with Gasteiger partial charge in [0, 0.05) is 14.0 Å². The number of amides is 2. The van der Waals surface area contributed by atoms with Crippen LogP contribution in [0.25, 0.3) is 0 Å². The smallest absolute Gasteiger partial charge is 0.225 e. The number of carbonyl (C=O) groups is 2. The predicted octanol–water partition coefficient (Wildman–Crippen LogP) is 2.81. The van der Waals surface area contributed by atoms with Gasteiger partial charge in [-0.3, -0.25) is 9.59 Å². The lowest BCUT2D eigenvalue weighted by atomic mass is 10.0. The van der Waals surface area contributed by atoms with Crippen molar-refractivity contribution in [2.75, 3.05) is 7.05 Å². The Bertz CT molecular complexity index is 664. The highest BCUT2D eigenvalue weighted by atomic mass is 16.3. The standard InChI is InChI=1S/C18H22N2O3/c1-13-9-10-16(23-13)12-20(3)18(22)11-17(19-14(2)21)15-7-5-4-6-8-15/h4-10,17H,11-12H2,1-3H3,(H,19,21)/t17-/m0/s1. The van der Waals surface area contributed by atoms with E-state index in [1.165, 1.54) is 6.92 Å². The van der Waals surface area contributed by atoms with Crippen molar-refractivity contribution in [3.8, 4) is 0 Å². The Kier molecular flexibility index (Phi) is 5.57. The van der Waals surface area contributed by atoms with Crippen LogP contribution < -0.4 is 5.32 Å². The summed E-state index contributed by atoms with van der Waals surface area (Å²) >= 11 is 0. The fraction of sp³-hybridized carbons (Fsp3) is 0.333. The summed E-state index contributed by atoms with van der Waals surface area (Å²) in [6, 6.07) is 12.9. The molecule has 0 fully saturated rings. The van der Waals surface area contributed by atoms with E-state index < -0.39 is 0 Å². The van der Waals surface area contributed by atoms with E-state index in [0.717, 1.165) is 17.1 Å². The molecule has 5 nitrogen and oxygen atoms in total. The van der Waals surface area contributed by atoms with Crippen LogP contribution >= 0.6 is 0 Å². The second-order valence-electron chi connectivity index (χ2n) is 5.63. The lowest BCUT2D eigenvalue weighted by Gasteiger charge is -2.22. The predicted molar refractivity (Wildman–Crippen MR) is 87.5 cm³/mol. The SMILES string of the molecule is CC(=O)N[C@@H](CC(=O)N(C)Cc1ccc(C)o1)c1ccccc1. The summed E-state index contributed by atoms with van der Waals surface area (Å²) in [5.74, 6) is 1.35. The topological polar surface area (TPSA) is 62.6 Å². The zero-order valence-corrected chi connectivity index (χ0v) is 13.7. The Hall–Kier alpha value is -2.56. The van der Waals surface area contributed by atoms with Crippen molar-refractivity contribution in [2.45, 2.75) is 32.9 Å². The zero-order valence-electron chi connectivity index (χ0n) is 13.7. The van der Waals surface area contributed by atoms with E-state index in [1.54, 1.807) is 11.9 Å². The molecule has 0 aliphatic carbocycles. The Balaban J connectivity index is 2.03. The lowest BCUT2D eigenvalue weighted by Crippen LogP contribution is -2.33. The quantitative estimate of drug-likeness (QED) is 0.892. The van der Waals surface area contributed by atoms with Crippen LogP contribution in [0.1, 0.15) is 36.5 Å². The summed E-state index contributed by atoms with van der Waals surface area (Å²) in [6.07, 6.45) is 0.208. The van der Waals surface area contributed by atoms with Crippen molar-refractivity contribution in [3.63, 3.8) is 0 Å². The van der Waals surface area contributed by atoms with E-state index in [9.17, 15) is 9.59 Å². The van der Waals surface area contributed by atoms with Crippen LogP contribution in [0.4, 0.5) is 0 Å². The maximum atomic E-state index is 12.5. The summed E-state index contributed by atoms with van der Waals surface area (Å²) in [4.78, 5) is 25.5. The third kappa shape index (κ3) is 4.98. The Morgan fingerprint density at radius 2 is 1.87 bits per heavy atom. The first-order chi connectivity index (χ1) is 11.0. The summed E-state index contributed by atoms with van der Waals surface area (Å²) in [5.41, 5.74) is 0.915. The Labute approximate surface area is 136 Å². The molecule has 23 heavy (non-hydrogen) atoms. The van der Waals surface area contributed by atoms with Gasteiger partial charge in [-0.25, -0.2) is 0 Å². The maximum Gasteiger partial charge on any atom is 0.225 e. The van der Waals surface area contributed by atoms with Crippen molar-refractivity contribution in [3.05, 3.63) is 59.5 Å². The van der Waals surface area contributed by atoms with Crippen LogP contribution in [0.2, 0.25) is 0 Å². The molecular formula is C18H22N2O3. The molecule has 0 aliphatic rings. The number of hydrogen-bond acceptors (Lipinski definition) is 3. The van der Waals surface area contributed by atoms with Gasteiger partial charge in [-0.15, -0.1) is 0 Å². The summed E-state index contributed by atoms with van der Waals surface area (Å²) in [5, 5.41) is 2.84. The van der Waals surface area contributed by atoms with Gasteiger partial charge in [-0.05, 0) is 24.6 Å². The first-order valence-electron chi connectivity index (χ1n) is 7.57. The van der Waals surface area contributed by atoms with Gasteiger partial charge >= 0.3 is 0 Å². The average Bonchev–Trinajstić information content (AvgIpc) is 2.92. The molecule has 1 heterocycles. The van der Waals surface area contributed by atoms with Crippen LogP contribution in [0, 0.1) is 6.92 Å². The molecule has 2 rings (SSSR count). The highest BCUT2D eigenvalue weighted by Crippen LogP contribution is 2.18. The monoisotopic (exact) mass is 314 g/mol. The van der Waals surface area contributed by atoms with Gasteiger partial charge in [0.05, 0.1) is 19.0 Å². The van der Waals surface area contributed by atoms with E-state index in [4.69, 9.17) is 4.42 Å². The second kappa shape index (κ2) is 7.63. The molecule has 0 bridgehead atoms. The molecule has 5 heteroatoms. The minimum atomic E-state index is -0.331. The number of carbonyl (C=O) groups excluding carboxylic acids is 2. The van der Waals surface area contributed by atoms with E-state index >= 15 is 0 Å². The third-order valence-corrected chi connectivity index (χ3v) is 3.57. The molecule has 0 saturated heterocycles. The zero-order chi connectivity index (χ0) is 16.8. The minimum absolute atomic E-state index is 0.0540. The molecule has 1 aromatic heterocycles. The average molecular weight is 314 g/mol. The van der Waals surface area contributed by atoms with Gasteiger partial charge in [-0.2, -0.15) is 0 Å². The van der Waals surface area contributed by atoms with Gasteiger partial charge < -0.3 is 14.6 Å². The first kappa shape index (κ1) is 16.8. The molecule has 1 N–H and O–H groups in total. The molecular weight excluding hydrogens is 292 g/mol. The molecule has 1 aromatic carbocycles. The molecule has 0 radical (unpaired) electrons. The Morgan fingerprint density at radius 3 is 2.43 bits per heavy atom. The van der Waals surface area contributed by atoms with Gasteiger partial charge in [0.2, 0.25) is 11.8 Å². The van der Waals surface area contributed by atoms with Crippen LogP contribution in [0.3, 0.4) is 0 Å². The first-order valence-corrected chi connectivity index (χ1v) is 7.57. The number of furan rings is 1. The molecule has 2 aromatic rings. The van der Waals surface area contributed by atoms with Crippen LogP contribution in [-0.2, 0) is 16.1 Å². The molecule has 122 valence electrons. The van der Waals surface area contributed by atoms with Crippen molar-refractivity contribution in [2.24, 2.45) is 0 Å². The molecule has 1 atom stereocenters. The number of benzene rings is 1. The van der Waals surface area contributed by atoms with Gasteiger partial charge in [0.15, 0.2) is 0 Å². The van der Waals surface area contributed by atoms with E-state index in [1.807, 2.05) is 49.4 Å². The third-order valence-electron chi connectivity index (χ3n) is 3.57. The van der Waals surface area contributed by atoms with Crippen LogP contribution in [0.15, 0.2) is 46.9 Å². The molecule has 0 aliphatic heterocycles. The second-order valence-corrected chi connectivity index (χ2v) is 5.63. The van der Waals surface area contributed by atoms with Gasteiger partial charge in [-0.1, -0.05) is 30.3 Å². The van der Waals surface area contributed by atoms with Crippen LogP contribution in [-0.4, -0.2) is 23.8 Å². The molecule has 2 amide bonds. The summed E-state index contributed by atoms with van der Waals surface area (Å²) < 4.78 is 5.49. The van der Waals surface area contributed by atoms with Crippen molar-refractivity contribution in [1.82, 2.24) is 10.2 Å². The fourth-order valence-electron chi connectivity index (χ4n) is 2.41. The summed E-state index contributed by atoms with van der Waals surface area (Å²) in [6.45, 7) is 3.73. The minimum Gasteiger partial charge on any atom is -0.464 e. The highest BCUT2D eigenvalue weighted by molar-refractivity contribution is 5.79. The maximum absolute atomic E-state index is 12.5. The fourth-order valence-corrected chi connectivity index (χ4v) is 2.41. The molecule has 0 spiro atoms. The van der Waals surface area contributed by atoms with Gasteiger partial charge in [0.1, 0.15) is 11.5 Å². The molecule has 0 unspecified atom stereocenters. The van der Waals surface area contributed by atoms with E-state index in [2.05, 4.69) is 5.32 Å².